The van der Waals surface area contributed by atoms with Crippen molar-refractivity contribution in [2.24, 2.45) is 5.92 Å². The van der Waals surface area contributed by atoms with Crippen LogP contribution in [0.1, 0.15) is 25.3 Å². The zero-order valence-electron chi connectivity index (χ0n) is 18.0. The monoisotopic (exact) mass is 445 g/mol. The fourth-order valence-corrected chi connectivity index (χ4v) is 3.17. The van der Waals surface area contributed by atoms with Crippen LogP contribution in [0.15, 0.2) is 48.5 Å². The summed E-state index contributed by atoms with van der Waals surface area (Å²) in [6.07, 6.45) is 1.07. The van der Waals surface area contributed by atoms with E-state index < -0.39 is 24.0 Å². The van der Waals surface area contributed by atoms with Crippen molar-refractivity contribution in [2.75, 3.05) is 26.3 Å². The van der Waals surface area contributed by atoms with E-state index in [2.05, 4.69) is 0 Å². The first-order valence-corrected chi connectivity index (χ1v) is 10.7. The van der Waals surface area contributed by atoms with Gasteiger partial charge in [-0.15, -0.1) is 0 Å². The van der Waals surface area contributed by atoms with Gasteiger partial charge < -0.3 is 24.2 Å². The summed E-state index contributed by atoms with van der Waals surface area (Å²) in [4.78, 5) is 25.4. The molecule has 32 heavy (non-hydrogen) atoms. The number of rotatable bonds is 12. The molecule has 0 bridgehead atoms. The van der Waals surface area contributed by atoms with Crippen molar-refractivity contribution in [1.82, 2.24) is 4.90 Å². The molecular weight excluding hydrogens is 417 g/mol. The summed E-state index contributed by atoms with van der Waals surface area (Å²) >= 11 is 0. The molecular formula is C24H28FNO6. The lowest BCUT2D eigenvalue weighted by Gasteiger charge is -2.22. The topological polar surface area (TPSA) is 85.3 Å². The van der Waals surface area contributed by atoms with Crippen molar-refractivity contribution in [1.29, 1.82) is 0 Å². The molecule has 8 heteroatoms. The Balaban J connectivity index is 1.50. The molecule has 1 N–H and O–H groups in total. The van der Waals surface area contributed by atoms with Crippen LogP contribution < -0.4 is 9.47 Å². The van der Waals surface area contributed by atoms with Crippen molar-refractivity contribution in [2.45, 2.75) is 32.3 Å². The van der Waals surface area contributed by atoms with Crippen LogP contribution in [0.2, 0.25) is 0 Å². The smallest absolute Gasteiger partial charge is 0.415 e. The van der Waals surface area contributed by atoms with Gasteiger partial charge in [0, 0.05) is 19.6 Å². The molecule has 3 rings (SSSR count). The first kappa shape index (κ1) is 23.5. The molecule has 0 spiro atoms. The first-order valence-electron chi connectivity index (χ1n) is 10.7. The molecule has 0 radical (unpaired) electrons. The number of amides is 1. The van der Waals surface area contributed by atoms with Crippen LogP contribution in [0.4, 0.5) is 9.18 Å². The second-order valence-corrected chi connectivity index (χ2v) is 7.69. The molecule has 0 aromatic heterocycles. The van der Waals surface area contributed by atoms with E-state index in [0.717, 1.165) is 18.4 Å². The third-order valence-electron chi connectivity index (χ3n) is 5.07. The maximum absolute atomic E-state index is 13.0. The average molecular weight is 445 g/mol. The van der Waals surface area contributed by atoms with E-state index in [4.69, 9.17) is 14.2 Å². The van der Waals surface area contributed by atoms with E-state index in [9.17, 15) is 19.1 Å². The zero-order chi connectivity index (χ0) is 22.9. The summed E-state index contributed by atoms with van der Waals surface area (Å²) in [5.74, 6) is 0.00387. The lowest BCUT2D eigenvalue weighted by Crippen LogP contribution is -2.38. The van der Waals surface area contributed by atoms with Gasteiger partial charge in [0.15, 0.2) is 6.10 Å². The minimum atomic E-state index is -0.990. The normalized spacial score (nSPS) is 13.9. The van der Waals surface area contributed by atoms with E-state index >= 15 is 0 Å². The third-order valence-corrected chi connectivity index (χ3v) is 5.07. The maximum atomic E-state index is 13.0. The van der Waals surface area contributed by atoms with Gasteiger partial charge >= 0.3 is 12.1 Å². The number of carbonyl (C=O) groups excluding carboxylic acids is 1. The molecule has 7 nitrogen and oxygen atoms in total. The first-order chi connectivity index (χ1) is 15.4. The summed E-state index contributed by atoms with van der Waals surface area (Å²) < 4.78 is 29.4. The molecule has 2 aromatic carbocycles. The van der Waals surface area contributed by atoms with Crippen molar-refractivity contribution < 1.29 is 33.3 Å². The number of aliphatic carboxylic acids is 1. The number of nitrogens with zero attached hydrogens (tertiary/aromatic N) is 1. The lowest BCUT2D eigenvalue weighted by molar-refractivity contribution is -0.149. The number of carbonyl (C=O) groups is 2. The Bertz CT molecular complexity index is 882. The molecule has 0 heterocycles. The van der Waals surface area contributed by atoms with Crippen molar-refractivity contribution >= 4 is 12.1 Å². The van der Waals surface area contributed by atoms with Gasteiger partial charge in [0.2, 0.25) is 0 Å². The van der Waals surface area contributed by atoms with Crippen molar-refractivity contribution in [3.8, 4) is 11.5 Å². The molecule has 172 valence electrons. The van der Waals surface area contributed by atoms with E-state index in [0.29, 0.717) is 37.1 Å². The number of carboxylic acids is 1. The van der Waals surface area contributed by atoms with Crippen LogP contribution in [0.5, 0.6) is 11.5 Å². The van der Waals surface area contributed by atoms with Crippen LogP contribution in [-0.4, -0.2) is 54.5 Å². The maximum Gasteiger partial charge on any atom is 0.415 e. The number of carboxylic acid groups (broad SMARTS) is 1. The van der Waals surface area contributed by atoms with Gasteiger partial charge in [-0.2, -0.15) is 0 Å². The Labute approximate surface area is 186 Å². The molecule has 1 amide bonds. The van der Waals surface area contributed by atoms with Gasteiger partial charge in [-0.05, 0) is 67.6 Å². The second-order valence-electron chi connectivity index (χ2n) is 7.69. The zero-order valence-corrected chi connectivity index (χ0v) is 18.0. The van der Waals surface area contributed by atoms with Gasteiger partial charge in [0.1, 0.15) is 23.9 Å². The summed E-state index contributed by atoms with van der Waals surface area (Å²) in [7, 11) is 0. The van der Waals surface area contributed by atoms with E-state index in [1.807, 2.05) is 0 Å². The highest BCUT2D eigenvalue weighted by molar-refractivity contribution is 5.72. The van der Waals surface area contributed by atoms with Crippen LogP contribution in [0, 0.1) is 11.7 Å². The lowest BCUT2D eigenvalue weighted by atomic mass is 10.1. The molecule has 1 saturated carbocycles. The largest absolute Gasteiger partial charge is 0.492 e. The highest BCUT2D eigenvalue weighted by Gasteiger charge is 2.27. The number of hydrogen-bond acceptors (Lipinski definition) is 5. The van der Waals surface area contributed by atoms with Gasteiger partial charge in [0.25, 0.3) is 0 Å². The predicted molar refractivity (Wildman–Crippen MR) is 115 cm³/mol. The summed E-state index contributed by atoms with van der Waals surface area (Å²) in [5.41, 5.74) is 0.830. The van der Waals surface area contributed by atoms with Crippen LogP contribution in [0.3, 0.4) is 0 Å². The summed E-state index contributed by atoms with van der Waals surface area (Å²) in [6.45, 7) is 3.31. The standard InChI is InChI=1S/C24H28FNO6/c1-2-30-22(23(27)28)15-17-5-9-20(10-6-17)31-14-13-26(16-18-3-4-18)24(29)32-21-11-7-19(25)8-12-21/h5-12,18,22H,2-4,13-16H2,1H3,(H,27,28). The van der Waals surface area contributed by atoms with Gasteiger partial charge in [-0.3, -0.25) is 0 Å². The molecule has 0 aliphatic heterocycles. The Hall–Kier alpha value is -3.13. The Morgan fingerprint density at radius 3 is 2.34 bits per heavy atom. The molecule has 1 aliphatic rings. The molecule has 1 aliphatic carbocycles. The van der Waals surface area contributed by atoms with E-state index in [-0.39, 0.29) is 13.0 Å². The third kappa shape index (κ3) is 7.53. The number of benzene rings is 2. The average Bonchev–Trinajstić information content (AvgIpc) is 3.59. The Morgan fingerprint density at radius 1 is 1.09 bits per heavy atom. The predicted octanol–water partition coefficient (Wildman–Crippen LogP) is 4.15. The minimum Gasteiger partial charge on any atom is -0.492 e. The second kappa shape index (κ2) is 11.5. The van der Waals surface area contributed by atoms with Crippen LogP contribution in [0.25, 0.3) is 0 Å². The highest BCUT2D eigenvalue weighted by Crippen LogP contribution is 2.30. The van der Waals surface area contributed by atoms with Crippen LogP contribution >= 0.6 is 0 Å². The van der Waals surface area contributed by atoms with Crippen molar-refractivity contribution in [3.63, 3.8) is 0 Å². The molecule has 2 aromatic rings. The van der Waals surface area contributed by atoms with Gasteiger partial charge in [-0.1, -0.05) is 12.1 Å². The molecule has 1 unspecified atom stereocenters. The highest BCUT2D eigenvalue weighted by atomic mass is 19.1. The van der Waals surface area contributed by atoms with Gasteiger partial charge in [-0.25, -0.2) is 14.0 Å². The number of halogens is 1. The van der Waals surface area contributed by atoms with E-state index in [1.54, 1.807) is 36.1 Å². The fraction of sp³-hybridized carbons (Fsp3) is 0.417. The molecule has 0 saturated heterocycles. The minimum absolute atomic E-state index is 0.272. The quantitative estimate of drug-likeness (QED) is 0.528. The Kier molecular flexibility index (Phi) is 8.44. The van der Waals surface area contributed by atoms with Gasteiger partial charge in [0.05, 0.1) is 6.54 Å². The number of ether oxygens (including phenoxy) is 3. The van der Waals surface area contributed by atoms with E-state index in [1.165, 1.54) is 24.3 Å². The SMILES string of the molecule is CCOC(Cc1ccc(OCCN(CC2CC2)C(=O)Oc2ccc(F)cc2)cc1)C(=O)O. The van der Waals surface area contributed by atoms with Crippen molar-refractivity contribution in [3.05, 3.63) is 59.9 Å². The Morgan fingerprint density at radius 2 is 1.75 bits per heavy atom. The number of hydrogen-bond donors (Lipinski definition) is 1. The fourth-order valence-electron chi connectivity index (χ4n) is 3.17. The molecule has 1 atom stereocenters. The molecule has 1 fully saturated rings. The summed E-state index contributed by atoms with van der Waals surface area (Å²) in [5, 5.41) is 9.20. The van der Waals surface area contributed by atoms with Crippen LogP contribution in [-0.2, 0) is 16.0 Å². The summed E-state index contributed by atoms with van der Waals surface area (Å²) in [6, 6.07) is 12.5.